The third-order valence-electron chi connectivity index (χ3n) is 5.03. The molecule has 2 heterocycles. The van der Waals surface area contributed by atoms with Crippen molar-refractivity contribution in [2.45, 2.75) is 48.7 Å². The van der Waals surface area contributed by atoms with Crippen LogP contribution in [0.15, 0.2) is 24.3 Å². The van der Waals surface area contributed by atoms with E-state index in [0.717, 1.165) is 0 Å². The van der Waals surface area contributed by atoms with Gasteiger partial charge in [-0.3, -0.25) is 0 Å². The molecule has 168 valence electrons. The van der Waals surface area contributed by atoms with Gasteiger partial charge in [-0.1, -0.05) is 0 Å². The Labute approximate surface area is 170 Å². The lowest BCUT2D eigenvalue weighted by atomic mass is 9.99. The Bertz CT molecular complexity index is 726. The van der Waals surface area contributed by atoms with Crippen molar-refractivity contribution in [1.82, 2.24) is 0 Å². The van der Waals surface area contributed by atoms with E-state index in [0.29, 0.717) is 0 Å². The molecular formula is C18H24O12. The lowest BCUT2D eigenvalue weighted by Gasteiger charge is -2.40. The Morgan fingerprint density at radius 2 is 1.73 bits per heavy atom. The first-order valence-corrected chi connectivity index (χ1v) is 9.10. The summed E-state index contributed by atoms with van der Waals surface area (Å²) in [6.45, 7) is -1.53. The van der Waals surface area contributed by atoms with Gasteiger partial charge in [-0.15, -0.1) is 0 Å². The maximum Gasteiger partial charge on any atom is 0.335 e. The van der Waals surface area contributed by atoms with Crippen LogP contribution in [0.5, 0.6) is 5.75 Å². The zero-order valence-corrected chi connectivity index (χ0v) is 15.6. The van der Waals surface area contributed by atoms with Crippen molar-refractivity contribution in [3.05, 3.63) is 29.8 Å². The summed E-state index contributed by atoms with van der Waals surface area (Å²) < 4.78 is 21.3. The number of carbonyl (C=O) groups is 1. The fourth-order valence-corrected chi connectivity index (χ4v) is 3.09. The molecule has 2 fully saturated rings. The van der Waals surface area contributed by atoms with Gasteiger partial charge >= 0.3 is 5.97 Å². The summed E-state index contributed by atoms with van der Waals surface area (Å²) in [5.74, 6) is -0.981. The molecule has 30 heavy (non-hydrogen) atoms. The average molecular weight is 432 g/mol. The Morgan fingerprint density at radius 1 is 1.07 bits per heavy atom. The third-order valence-corrected chi connectivity index (χ3v) is 5.03. The van der Waals surface area contributed by atoms with Gasteiger partial charge in [0.2, 0.25) is 6.29 Å². The van der Waals surface area contributed by atoms with Crippen molar-refractivity contribution in [3.8, 4) is 5.75 Å². The number of aliphatic hydroxyl groups excluding tert-OH is 5. The maximum absolute atomic E-state index is 10.9. The average Bonchev–Trinajstić information content (AvgIpc) is 3.02. The standard InChI is InChI=1S/C18H24O12/c19-6-18(26)7-28-17(14(18)23)27-5-10-11(20)12(21)13(22)16(30-10)29-9-3-1-8(2-4-9)15(24)25/h1-4,10-14,16-17,19-23,26H,5-7H2,(H,24,25). The van der Waals surface area contributed by atoms with Crippen molar-refractivity contribution in [2.24, 2.45) is 0 Å². The van der Waals surface area contributed by atoms with Gasteiger partial charge in [0.15, 0.2) is 6.29 Å². The first-order valence-electron chi connectivity index (χ1n) is 9.10. The molecule has 12 nitrogen and oxygen atoms in total. The molecule has 0 bridgehead atoms. The first kappa shape index (κ1) is 22.8. The van der Waals surface area contributed by atoms with Crippen LogP contribution >= 0.6 is 0 Å². The van der Waals surface area contributed by atoms with E-state index in [9.17, 15) is 30.3 Å². The Kier molecular flexibility index (Phi) is 6.91. The van der Waals surface area contributed by atoms with Crippen LogP contribution in [-0.2, 0) is 14.2 Å². The van der Waals surface area contributed by atoms with Gasteiger partial charge < -0.3 is 54.7 Å². The second-order valence-electron chi connectivity index (χ2n) is 7.18. The Morgan fingerprint density at radius 3 is 2.30 bits per heavy atom. The number of aromatic carboxylic acids is 1. The van der Waals surface area contributed by atoms with Crippen LogP contribution in [0.4, 0.5) is 0 Å². The van der Waals surface area contributed by atoms with Crippen molar-refractivity contribution in [2.75, 3.05) is 19.8 Å². The van der Waals surface area contributed by atoms with E-state index in [1.807, 2.05) is 0 Å². The van der Waals surface area contributed by atoms with Crippen LogP contribution in [-0.4, -0.2) is 110 Å². The number of hydrogen-bond donors (Lipinski definition) is 7. The molecule has 1 aromatic carbocycles. The lowest BCUT2D eigenvalue weighted by Crippen LogP contribution is -2.60. The molecule has 0 saturated carbocycles. The predicted octanol–water partition coefficient (Wildman–Crippen LogP) is -2.97. The van der Waals surface area contributed by atoms with E-state index in [4.69, 9.17) is 29.2 Å². The van der Waals surface area contributed by atoms with Crippen molar-refractivity contribution in [1.29, 1.82) is 0 Å². The van der Waals surface area contributed by atoms with E-state index >= 15 is 0 Å². The minimum atomic E-state index is -1.89. The molecule has 0 spiro atoms. The number of carboxylic acid groups (broad SMARTS) is 1. The Hall–Kier alpha value is -1.87. The van der Waals surface area contributed by atoms with Gasteiger partial charge in [0.1, 0.15) is 41.9 Å². The van der Waals surface area contributed by atoms with Crippen molar-refractivity contribution < 1.29 is 59.5 Å². The molecule has 7 N–H and O–H groups in total. The normalized spacial score (nSPS) is 39.1. The first-order chi connectivity index (χ1) is 14.2. The summed E-state index contributed by atoms with van der Waals surface area (Å²) in [7, 11) is 0. The molecule has 1 aromatic rings. The molecule has 0 radical (unpaired) electrons. The minimum Gasteiger partial charge on any atom is -0.478 e. The highest BCUT2D eigenvalue weighted by Gasteiger charge is 2.50. The smallest absolute Gasteiger partial charge is 0.335 e. The van der Waals surface area contributed by atoms with Gasteiger partial charge in [0.25, 0.3) is 0 Å². The molecule has 8 unspecified atom stereocenters. The van der Waals surface area contributed by atoms with E-state index in [-0.39, 0.29) is 17.9 Å². The number of rotatable bonds is 7. The second kappa shape index (κ2) is 9.09. The van der Waals surface area contributed by atoms with Crippen molar-refractivity contribution in [3.63, 3.8) is 0 Å². The third kappa shape index (κ3) is 4.56. The summed E-state index contributed by atoms with van der Waals surface area (Å²) in [6, 6.07) is 5.22. The fourth-order valence-electron chi connectivity index (χ4n) is 3.09. The molecule has 2 aliphatic rings. The molecule has 3 rings (SSSR count). The van der Waals surface area contributed by atoms with Gasteiger partial charge in [-0.2, -0.15) is 0 Å². The van der Waals surface area contributed by atoms with Crippen LogP contribution in [0.2, 0.25) is 0 Å². The zero-order valence-electron chi connectivity index (χ0n) is 15.6. The molecule has 2 aliphatic heterocycles. The molecule has 8 atom stereocenters. The lowest BCUT2D eigenvalue weighted by molar-refractivity contribution is -0.289. The molecule has 12 heteroatoms. The summed E-state index contributed by atoms with van der Waals surface area (Å²) in [4.78, 5) is 10.9. The molecule has 0 amide bonds. The van der Waals surface area contributed by atoms with Gasteiger partial charge in [-0.05, 0) is 24.3 Å². The fraction of sp³-hybridized carbons (Fsp3) is 0.611. The highest BCUT2D eigenvalue weighted by Crippen LogP contribution is 2.28. The Balaban J connectivity index is 1.62. The van der Waals surface area contributed by atoms with Gasteiger partial charge in [0.05, 0.1) is 25.4 Å². The minimum absolute atomic E-state index is 0.0205. The summed E-state index contributed by atoms with van der Waals surface area (Å²) in [5, 5.41) is 68.4. The van der Waals surface area contributed by atoms with Crippen molar-refractivity contribution >= 4 is 5.97 Å². The van der Waals surface area contributed by atoms with Crippen LogP contribution in [0.3, 0.4) is 0 Å². The van der Waals surface area contributed by atoms with Crippen LogP contribution in [0, 0.1) is 0 Å². The van der Waals surface area contributed by atoms with E-state index < -0.39 is 67.9 Å². The van der Waals surface area contributed by atoms with Crippen LogP contribution in [0.1, 0.15) is 10.4 Å². The van der Waals surface area contributed by atoms with Gasteiger partial charge in [-0.25, -0.2) is 4.79 Å². The summed E-state index contributed by atoms with van der Waals surface area (Å²) in [5.41, 5.74) is -1.87. The quantitative estimate of drug-likeness (QED) is 0.231. The monoisotopic (exact) mass is 432 g/mol. The summed E-state index contributed by atoms with van der Waals surface area (Å²) >= 11 is 0. The number of carboxylic acids is 1. The highest BCUT2D eigenvalue weighted by molar-refractivity contribution is 5.87. The molecular weight excluding hydrogens is 408 g/mol. The number of benzene rings is 1. The van der Waals surface area contributed by atoms with E-state index in [1.54, 1.807) is 0 Å². The van der Waals surface area contributed by atoms with Crippen LogP contribution < -0.4 is 4.74 Å². The maximum atomic E-state index is 10.9. The number of ether oxygens (including phenoxy) is 4. The topological polar surface area (TPSA) is 196 Å². The summed E-state index contributed by atoms with van der Waals surface area (Å²) in [6.07, 6.45) is -10.3. The number of hydrogen-bond acceptors (Lipinski definition) is 11. The van der Waals surface area contributed by atoms with E-state index in [2.05, 4.69) is 0 Å². The largest absolute Gasteiger partial charge is 0.478 e. The van der Waals surface area contributed by atoms with E-state index in [1.165, 1.54) is 24.3 Å². The molecule has 0 aromatic heterocycles. The van der Waals surface area contributed by atoms with Gasteiger partial charge in [0, 0.05) is 0 Å². The number of aliphatic hydroxyl groups is 6. The molecule has 2 saturated heterocycles. The second-order valence-corrected chi connectivity index (χ2v) is 7.18. The zero-order chi connectivity index (χ0) is 22.1. The molecule has 0 aliphatic carbocycles. The predicted molar refractivity (Wildman–Crippen MR) is 94.4 cm³/mol. The SMILES string of the molecule is O=C(O)c1ccc(OC2OC(COC3OCC(O)(CO)C3O)C(O)C(O)C2O)cc1. The highest BCUT2D eigenvalue weighted by atomic mass is 16.7. The van der Waals surface area contributed by atoms with Crippen LogP contribution in [0.25, 0.3) is 0 Å².